The molecule has 23 heavy (non-hydrogen) atoms. The van der Waals surface area contributed by atoms with Crippen LogP contribution in [0.1, 0.15) is 15.4 Å². The second-order valence-electron chi connectivity index (χ2n) is 5.40. The number of nitrogens with one attached hydrogen (secondary N) is 1. The number of aromatic nitrogens is 1. The van der Waals surface area contributed by atoms with Gasteiger partial charge in [0.25, 0.3) is 5.91 Å². The lowest BCUT2D eigenvalue weighted by Gasteiger charge is -2.08. The van der Waals surface area contributed by atoms with Crippen LogP contribution in [0.2, 0.25) is 0 Å². The highest BCUT2D eigenvalue weighted by Gasteiger charge is 2.10. The van der Waals surface area contributed by atoms with Crippen LogP contribution in [0.3, 0.4) is 0 Å². The lowest BCUT2D eigenvalue weighted by atomic mass is 10.0. The normalized spacial score (nSPS) is 11.0. The van der Waals surface area contributed by atoms with Gasteiger partial charge in [0.15, 0.2) is 0 Å². The maximum atomic E-state index is 12.6. The molecule has 3 aromatic carbocycles. The van der Waals surface area contributed by atoms with Gasteiger partial charge in [-0.2, -0.15) is 0 Å². The molecule has 1 amide bonds. The van der Waals surface area contributed by atoms with Gasteiger partial charge in [-0.05, 0) is 42.0 Å². The number of hydrogen-bond acceptors (Lipinski definition) is 3. The van der Waals surface area contributed by atoms with Crippen molar-refractivity contribution in [2.45, 2.75) is 6.92 Å². The molecule has 1 aromatic heterocycles. The summed E-state index contributed by atoms with van der Waals surface area (Å²) in [4.78, 5) is 17.1. The van der Waals surface area contributed by atoms with Gasteiger partial charge in [0, 0.05) is 11.3 Å². The van der Waals surface area contributed by atoms with Crippen LogP contribution in [0.25, 0.3) is 21.0 Å². The Morgan fingerprint density at radius 1 is 1.04 bits per heavy atom. The summed E-state index contributed by atoms with van der Waals surface area (Å²) < 4.78 is 1.08. The zero-order valence-corrected chi connectivity index (χ0v) is 13.4. The van der Waals surface area contributed by atoms with Crippen molar-refractivity contribution in [1.82, 2.24) is 4.98 Å². The van der Waals surface area contributed by atoms with E-state index in [-0.39, 0.29) is 5.91 Å². The van der Waals surface area contributed by atoms with Crippen molar-refractivity contribution in [3.05, 3.63) is 71.2 Å². The maximum Gasteiger partial charge on any atom is 0.256 e. The van der Waals surface area contributed by atoms with Crippen molar-refractivity contribution in [2.24, 2.45) is 0 Å². The lowest BCUT2D eigenvalue weighted by molar-refractivity contribution is 0.102. The van der Waals surface area contributed by atoms with Gasteiger partial charge >= 0.3 is 0 Å². The third-order valence-corrected chi connectivity index (χ3v) is 4.72. The molecule has 0 bridgehead atoms. The molecule has 0 aliphatic carbocycles. The zero-order valence-electron chi connectivity index (χ0n) is 12.5. The standard InChI is InChI=1S/C19H14N2OS/c1-12-20-17-10-9-14(11-18(17)23-12)21-19(22)16-8-4-6-13-5-2-3-7-15(13)16/h2-11H,1H3,(H,21,22). The summed E-state index contributed by atoms with van der Waals surface area (Å²) in [7, 11) is 0. The van der Waals surface area contributed by atoms with Gasteiger partial charge in [-0.25, -0.2) is 4.98 Å². The number of hydrogen-bond donors (Lipinski definition) is 1. The Bertz CT molecular complexity index is 1030. The fourth-order valence-electron chi connectivity index (χ4n) is 2.74. The highest BCUT2D eigenvalue weighted by atomic mass is 32.1. The fourth-order valence-corrected chi connectivity index (χ4v) is 3.61. The molecule has 0 spiro atoms. The van der Waals surface area contributed by atoms with Crippen molar-refractivity contribution in [1.29, 1.82) is 0 Å². The molecule has 0 fully saturated rings. The average molecular weight is 318 g/mol. The van der Waals surface area contributed by atoms with Crippen molar-refractivity contribution in [3.63, 3.8) is 0 Å². The molecule has 1 heterocycles. The molecule has 0 aliphatic heterocycles. The monoisotopic (exact) mass is 318 g/mol. The molecule has 4 rings (SSSR count). The van der Waals surface area contributed by atoms with E-state index in [1.165, 1.54) is 0 Å². The van der Waals surface area contributed by atoms with Gasteiger partial charge in [-0.1, -0.05) is 36.4 Å². The van der Waals surface area contributed by atoms with E-state index in [2.05, 4.69) is 10.3 Å². The van der Waals surface area contributed by atoms with E-state index in [1.54, 1.807) is 11.3 Å². The molecule has 3 nitrogen and oxygen atoms in total. The van der Waals surface area contributed by atoms with Crippen molar-refractivity contribution >= 4 is 43.9 Å². The van der Waals surface area contributed by atoms with Gasteiger partial charge in [0.05, 0.1) is 15.2 Å². The van der Waals surface area contributed by atoms with Crippen LogP contribution in [-0.2, 0) is 0 Å². The van der Waals surface area contributed by atoms with E-state index < -0.39 is 0 Å². The molecule has 0 saturated heterocycles. The predicted molar refractivity (Wildman–Crippen MR) is 96.3 cm³/mol. The number of benzene rings is 3. The Morgan fingerprint density at radius 3 is 2.78 bits per heavy atom. The number of anilines is 1. The molecular formula is C19H14N2OS. The zero-order chi connectivity index (χ0) is 15.8. The van der Waals surface area contributed by atoms with Crippen LogP contribution < -0.4 is 5.32 Å². The molecular weight excluding hydrogens is 304 g/mol. The molecule has 4 aromatic rings. The lowest BCUT2D eigenvalue weighted by Crippen LogP contribution is -2.12. The number of rotatable bonds is 2. The number of aryl methyl sites for hydroxylation is 1. The molecule has 0 unspecified atom stereocenters. The highest BCUT2D eigenvalue weighted by molar-refractivity contribution is 7.18. The number of thiazole rings is 1. The van der Waals surface area contributed by atoms with Crippen molar-refractivity contribution in [2.75, 3.05) is 5.32 Å². The smallest absolute Gasteiger partial charge is 0.256 e. The predicted octanol–water partition coefficient (Wildman–Crippen LogP) is 5.01. The van der Waals surface area contributed by atoms with E-state index in [4.69, 9.17) is 0 Å². The minimum Gasteiger partial charge on any atom is -0.322 e. The number of nitrogens with zero attached hydrogens (tertiary/aromatic N) is 1. The van der Waals surface area contributed by atoms with Crippen LogP contribution in [0.4, 0.5) is 5.69 Å². The van der Waals surface area contributed by atoms with Crippen molar-refractivity contribution in [3.8, 4) is 0 Å². The van der Waals surface area contributed by atoms with E-state index in [0.29, 0.717) is 5.56 Å². The largest absolute Gasteiger partial charge is 0.322 e. The molecule has 0 radical (unpaired) electrons. The molecule has 0 saturated carbocycles. The van der Waals surface area contributed by atoms with E-state index >= 15 is 0 Å². The topological polar surface area (TPSA) is 42.0 Å². The summed E-state index contributed by atoms with van der Waals surface area (Å²) in [5, 5.41) is 6.04. The minimum absolute atomic E-state index is 0.0950. The summed E-state index contributed by atoms with van der Waals surface area (Å²) >= 11 is 1.63. The second-order valence-corrected chi connectivity index (χ2v) is 6.63. The summed E-state index contributed by atoms with van der Waals surface area (Å²) in [6.07, 6.45) is 0. The molecule has 0 aliphatic rings. The van der Waals surface area contributed by atoms with Gasteiger partial charge < -0.3 is 5.32 Å². The van der Waals surface area contributed by atoms with E-state index in [0.717, 1.165) is 31.7 Å². The first-order chi connectivity index (χ1) is 11.2. The Balaban J connectivity index is 1.70. The first kappa shape index (κ1) is 13.9. The van der Waals surface area contributed by atoms with Crippen LogP contribution in [0.5, 0.6) is 0 Å². The number of amides is 1. The van der Waals surface area contributed by atoms with Crippen molar-refractivity contribution < 1.29 is 4.79 Å². The Hall–Kier alpha value is -2.72. The first-order valence-electron chi connectivity index (χ1n) is 7.37. The molecule has 4 heteroatoms. The Labute approximate surface area is 137 Å². The summed E-state index contributed by atoms with van der Waals surface area (Å²) in [5.41, 5.74) is 2.44. The number of carbonyl (C=O) groups excluding carboxylic acids is 1. The second kappa shape index (κ2) is 5.48. The third kappa shape index (κ3) is 2.58. The first-order valence-corrected chi connectivity index (χ1v) is 8.19. The molecule has 0 atom stereocenters. The van der Waals surface area contributed by atoms with Gasteiger partial charge in [-0.3, -0.25) is 4.79 Å². The summed E-state index contributed by atoms with van der Waals surface area (Å²) in [6.45, 7) is 1.99. The quantitative estimate of drug-likeness (QED) is 0.564. The highest BCUT2D eigenvalue weighted by Crippen LogP contribution is 2.26. The fraction of sp³-hybridized carbons (Fsp3) is 0.0526. The van der Waals surface area contributed by atoms with Crippen LogP contribution in [0.15, 0.2) is 60.7 Å². The van der Waals surface area contributed by atoms with Gasteiger partial charge in [0.2, 0.25) is 0 Å². The number of carbonyl (C=O) groups is 1. The van der Waals surface area contributed by atoms with Gasteiger partial charge in [0.1, 0.15) is 0 Å². The minimum atomic E-state index is -0.0950. The maximum absolute atomic E-state index is 12.6. The van der Waals surface area contributed by atoms with Gasteiger partial charge in [-0.15, -0.1) is 11.3 Å². The Morgan fingerprint density at radius 2 is 1.87 bits per heavy atom. The van der Waals surface area contributed by atoms with E-state index in [9.17, 15) is 4.79 Å². The van der Waals surface area contributed by atoms with Crippen LogP contribution in [0, 0.1) is 6.92 Å². The third-order valence-electron chi connectivity index (χ3n) is 3.79. The summed E-state index contributed by atoms with van der Waals surface area (Å²) in [5.74, 6) is -0.0950. The number of fused-ring (bicyclic) bond motifs is 2. The molecule has 1 N–H and O–H groups in total. The van der Waals surface area contributed by atoms with Crippen LogP contribution >= 0.6 is 11.3 Å². The Kier molecular flexibility index (Phi) is 3.32. The SMILES string of the molecule is Cc1nc2ccc(NC(=O)c3cccc4ccccc34)cc2s1. The molecule has 112 valence electrons. The van der Waals surface area contributed by atoms with Crippen LogP contribution in [-0.4, -0.2) is 10.9 Å². The average Bonchev–Trinajstić information content (AvgIpc) is 2.93. The summed E-state index contributed by atoms with van der Waals surface area (Å²) in [6, 6.07) is 19.5. The van der Waals surface area contributed by atoms with E-state index in [1.807, 2.05) is 67.6 Å².